The van der Waals surface area contributed by atoms with Crippen LogP contribution < -0.4 is 15.8 Å². The standard InChI is InChI=1S/C31H25F3N6O3/c1-16-19(14-22(30(37-16)43-2)29(42)38-31(9-10-31)23-15-21(33)7-11-36-23)13-18-8-12-40-27(25(18)34)24(28(35)41)26(39-40)17-3-5-20(32)6-4-17/h3-8,11-12,14-15H,9-10,13H2,1-2H3,(H2,35,41)(H,38,42). The molecule has 4 aromatic heterocycles. The quantitative estimate of drug-likeness (QED) is 0.273. The van der Waals surface area contributed by atoms with Crippen molar-refractivity contribution in [3.63, 3.8) is 0 Å². The average Bonchev–Trinajstić information content (AvgIpc) is 3.65. The van der Waals surface area contributed by atoms with Gasteiger partial charge in [0.1, 0.15) is 28.4 Å². The highest BCUT2D eigenvalue weighted by Gasteiger charge is 2.47. The Morgan fingerprint density at radius 2 is 1.79 bits per heavy atom. The molecule has 4 heterocycles. The highest BCUT2D eigenvalue weighted by atomic mass is 19.1. The number of nitrogens with two attached hydrogens (primary N) is 1. The Balaban J connectivity index is 1.36. The fourth-order valence-corrected chi connectivity index (χ4v) is 5.17. The third-order valence-corrected chi connectivity index (χ3v) is 7.60. The van der Waals surface area contributed by atoms with Gasteiger partial charge in [-0.3, -0.25) is 14.6 Å². The molecule has 1 aromatic carbocycles. The molecule has 1 saturated carbocycles. The molecule has 43 heavy (non-hydrogen) atoms. The first kappa shape index (κ1) is 27.9. The lowest BCUT2D eigenvalue weighted by molar-refractivity contribution is 0.0924. The molecule has 0 aliphatic heterocycles. The van der Waals surface area contributed by atoms with E-state index in [9.17, 15) is 18.4 Å². The van der Waals surface area contributed by atoms with E-state index in [1.54, 1.807) is 13.0 Å². The number of benzene rings is 1. The number of hydrogen-bond donors (Lipinski definition) is 2. The number of rotatable bonds is 8. The number of primary amides is 1. The van der Waals surface area contributed by atoms with Crippen LogP contribution in [0.5, 0.6) is 5.88 Å². The Morgan fingerprint density at radius 1 is 1.05 bits per heavy atom. The largest absolute Gasteiger partial charge is 0.480 e. The molecule has 0 atom stereocenters. The summed E-state index contributed by atoms with van der Waals surface area (Å²) in [5.74, 6) is -2.98. The molecular weight excluding hydrogens is 561 g/mol. The van der Waals surface area contributed by atoms with Crippen LogP contribution in [-0.2, 0) is 12.0 Å². The number of pyridine rings is 3. The SMILES string of the molecule is COc1nc(C)c(Cc2ccn3nc(-c4ccc(F)cc4)c(C(N)=O)c3c2F)cc1C(=O)NC1(c2cc(F)ccn2)CC1. The van der Waals surface area contributed by atoms with Crippen LogP contribution in [0.25, 0.3) is 16.8 Å². The lowest BCUT2D eigenvalue weighted by Gasteiger charge is -2.19. The zero-order valence-corrected chi connectivity index (χ0v) is 23.1. The Bertz CT molecular complexity index is 1920. The van der Waals surface area contributed by atoms with Crippen molar-refractivity contribution in [2.75, 3.05) is 7.11 Å². The number of methoxy groups -OCH3 is 1. The Hall–Kier alpha value is -5.26. The molecule has 1 aliphatic carbocycles. The summed E-state index contributed by atoms with van der Waals surface area (Å²) < 4.78 is 50.0. The molecule has 12 heteroatoms. The van der Waals surface area contributed by atoms with E-state index in [2.05, 4.69) is 20.4 Å². The number of halogens is 3. The van der Waals surface area contributed by atoms with Gasteiger partial charge in [-0.1, -0.05) is 0 Å². The van der Waals surface area contributed by atoms with E-state index in [0.29, 0.717) is 35.4 Å². The van der Waals surface area contributed by atoms with E-state index in [1.807, 2.05) is 0 Å². The summed E-state index contributed by atoms with van der Waals surface area (Å²) in [6.45, 7) is 1.70. The predicted molar refractivity (Wildman–Crippen MR) is 150 cm³/mol. The molecule has 9 nitrogen and oxygen atoms in total. The Kier molecular flexibility index (Phi) is 6.83. The fourth-order valence-electron chi connectivity index (χ4n) is 5.17. The van der Waals surface area contributed by atoms with Crippen LogP contribution in [0, 0.1) is 24.4 Å². The molecule has 1 aliphatic rings. The summed E-state index contributed by atoms with van der Waals surface area (Å²) in [4.78, 5) is 34.6. The zero-order chi connectivity index (χ0) is 30.5. The molecule has 3 N–H and O–H groups in total. The minimum atomic E-state index is -0.895. The lowest BCUT2D eigenvalue weighted by atomic mass is 10.00. The molecule has 0 spiro atoms. The Morgan fingerprint density at radius 3 is 2.44 bits per heavy atom. The number of hydrogen-bond acceptors (Lipinski definition) is 6. The van der Waals surface area contributed by atoms with Gasteiger partial charge < -0.3 is 15.8 Å². The third kappa shape index (κ3) is 5.05. The normalized spacial score (nSPS) is 13.6. The first-order chi connectivity index (χ1) is 20.6. The minimum Gasteiger partial charge on any atom is -0.480 e. The highest BCUT2D eigenvalue weighted by molar-refractivity contribution is 6.05. The summed E-state index contributed by atoms with van der Waals surface area (Å²) in [5.41, 5.74) is 6.86. The summed E-state index contributed by atoms with van der Waals surface area (Å²) >= 11 is 0. The number of nitrogens with one attached hydrogen (secondary N) is 1. The van der Waals surface area contributed by atoms with Crippen molar-refractivity contribution in [3.8, 4) is 17.1 Å². The number of aromatic nitrogens is 4. The van der Waals surface area contributed by atoms with Crippen LogP contribution >= 0.6 is 0 Å². The topological polar surface area (TPSA) is 124 Å². The number of carbonyl (C=O) groups excluding carboxylic acids is 2. The van der Waals surface area contributed by atoms with Gasteiger partial charge in [-0.15, -0.1) is 0 Å². The maximum absolute atomic E-state index is 16.1. The van der Waals surface area contributed by atoms with Crippen LogP contribution in [0.1, 0.15) is 56.1 Å². The maximum Gasteiger partial charge on any atom is 0.257 e. The summed E-state index contributed by atoms with van der Waals surface area (Å²) in [5, 5.41) is 7.27. The van der Waals surface area contributed by atoms with Gasteiger partial charge in [0.15, 0.2) is 5.82 Å². The number of ether oxygens (including phenoxy) is 1. The number of nitrogens with zero attached hydrogens (tertiary/aromatic N) is 4. The molecule has 218 valence electrons. The van der Waals surface area contributed by atoms with E-state index in [0.717, 1.165) is 0 Å². The van der Waals surface area contributed by atoms with Gasteiger partial charge in [-0.25, -0.2) is 22.7 Å². The predicted octanol–water partition coefficient (Wildman–Crippen LogP) is 4.63. The molecule has 1 fully saturated rings. The average molecular weight is 587 g/mol. The lowest BCUT2D eigenvalue weighted by Crippen LogP contribution is -2.36. The van der Waals surface area contributed by atoms with Crippen LogP contribution in [0.15, 0.2) is 60.9 Å². The molecule has 0 radical (unpaired) electrons. The van der Waals surface area contributed by atoms with Gasteiger partial charge in [0.2, 0.25) is 5.88 Å². The van der Waals surface area contributed by atoms with Crippen molar-refractivity contribution in [2.24, 2.45) is 5.73 Å². The molecule has 5 aromatic rings. The van der Waals surface area contributed by atoms with E-state index < -0.39 is 34.8 Å². The summed E-state index contributed by atoms with van der Waals surface area (Å²) in [6.07, 6.45) is 4.03. The van der Waals surface area contributed by atoms with Gasteiger partial charge in [0, 0.05) is 30.1 Å². The first-order valence-electron chi connectivity index (χ1n) is 13.3. The number of amides is 2. The van der Waals surface area contributed by atoms with Crippen molar-refractivity contribution in [1.29, 1.82) is 0 Å². The van der Waals surface area contributed by atoms with Crippen molar-refractivity contribution in [1.82, 2.24) is 24.9 Å². The van der Waals surface area contributed by atoms with Crippen molar-refractivity contribution < 1.29 is 27.5 Å². The van der Waals surface area contributed by atoms with Gasteiger partial charge in [-0.05, 0) is 79.4 Å². The fraction of sp³-hybridized carbons (Fsp3) is 0.194. The van der Waals surface area contributed by atoms with Gasteiger partial charge in [0.05, 0.1) is 23.9 Å². The third-order valence-electron chi connectivity index (χ3n) is 7.60. The van der Waals surface area contributed by atoms with Crippen molar-refractivity contribution in [2.45, 2.75) is 31.7 Å². The van der Waals surface area contributed by atoms with E-state index in [1.165, 1.54) is 66.5 Å². The number of carbonyl (C=O) groups is 2. The zero-order valence-electron chi connectivity index (χ0n) is 23.1. The summed E-state index contributed by atoms with van der Waals surface area (Å²) in [6, 6.07) is 10.9. The number of fused-ring (bicyclic) bond motifs is 1. The summed E-state index contributed by atoms with van der Waals surface area (Å²) in [7, 11) is 1.39. The smallest absolute Gasteiger partial charge is 0.257 e. The van der Waals surface area contributed by atoms with Crippen molar-refractivity contribution in [3.05, 3.63) is 112 Å². The van der Waals surface area contributed by atoms with Crippen LogP contribution in [0.2, 0.25) is 0 Å². The van der Waals surface area contributed by atoms with Gasteiger partial charge in [0.25, 0.3) is 11.8 Å². The van der Waals surface area contributed by atoms with Gasteiger partial charge in [-0.2, -0.15) is 5.10 Å². The first-order valence-corrected chi connectivity index (χ1v) is 13.3. The molecule has 6 rings (SSSR count). The molecule has 0 bridgehead atoms. The Labute approximate surface area is 243 Å². The highest BCUT2D eigenvalue weighted by Crippen LogP contribution is 2.45. The molecule has 0 saturated heterocycles. The maximum atomic E-state index is 16.1. The second-order valence-electron chi connectivity index (χ2n) is 10.4. The second-order valence-corrected chi connectivity index (χ2v) is 10.4. The number of aryl methyl sites for hydroxylation is 1. The van der Waals surface area contributed by atoms with Crippen molar-refractivity contribution >= 4 is 17.3 Å². The van der Waals surface area contributed by atoms with E-state index in [-0.39, 0.29) is 40.2 Å². The molecule has 0 unspecified atom stereocenters. The minimum absolute atomic E-state index is 0.0112. The van der Waals surface area contributed by atoms with Crippen LogP contribution in [-0.4, -0.2) is 38.5 Å². The van der Waals surface area contributed by atoms with Gasteiger partial charge >= 0.3 is 0 Å². The molecule has 2 amide bonds. The monoisotopic (exact) mass is 586 g/mol. The molecular formula is C31H25F3N6O3. The second kappa shape index (κ2) is 10.5. The van der Waals surface area contributed by atoms with Crippen LogP contribution in [0.3, 0.4) is 0 Å². The van der Waals surface area contributed by atoms with E-state index in [4.69, 9.17) is 10.5 Å². The van der Waals surface area contributed by atoms with Crippen LogP contribution in [0.4, 0.5) is 13.2 Å². The van der Waals surface area contributed by atoms with E-state index >= 15 is 4.39 Å².